The number of thioether (sulfide) groups is 1. The Morgan fingerprint density at radius 3 is 2.93 bits per heavy atom. The second-order valence-electron chi connectivity index (χ2n) is 3.59. The first-order chi connectivity index (χ1) is 6.74. The molecule has 0 bridgehead atoms. The lowest BCUT2D eigenvalue weighted by Crippen LogP contribution is -2.25. The molecule has 2 atom stereocenters. The fourth-order valence-corrected chi connectivity index (χ4v) is 2.60. The van der Waals surface area contributed by atoms with Gasteiger partial charge in [0.1, 0.15) is 0 Å². The molecule has 0 aliphatic rings. The highest BCUT2D eigenvalue weighted by Crippen LogP contribution is 2.16. The van der Waals surface area contributed by atoms with Gasteiger partial charge in [-0.3, -0.25) is 4.98 Å². The van der Waals surface area contributed by atoms with Crippen LogP contribution in [0.25, 0.3) is 0 Å². The summed E-state index contributed by atoms with van der Waals surface area (Å²) in [5.74, 6) is 1.96. The van der Waals surface area contributed by atoms with Gasteiger partial charge in [-0.2, -0.15) is 11.8 Å². The fraction of sp³-hybridized carbons (Fsp3) is 0.700. The second kappa shape index (κ2) is 6.43. The summed E-state index contributed by atoms with van der Waals surface area (Å²) in [7, 11) is 0. The van der Waals surface area contributed by atoms with Crippen LogP contribution in [-0.4, -0.2) is 23.5 Å². The third-order valence-corrected chi connectivity index (χ3v) is 3.96. The van der Waals surface area contributed by atoms with Crippen molar-refractivity contribution in [2.24, 2.45) is 5.92 Å². The quantitative estimate of drug-likeness (QED) is 0.813. The first kappa shape index (κ1) is 12.0. The van der Waals surface area contributed by atoms with E-state index in [1.165, 1.54) is 10.6 Å². The van der Waals surface area contributed by atoms with Gasteiger partial charge >= 0.3 is 0 Å². The van der Waals surface area contributed by atoms with Crippen molar-refractivity contribution in [3.63, 3.8) is 0 Å². The molecule has 1 heterocycles. The summed E-state index contributed by atoms with van der Waals surface area (Å²) in [6.45, 7) is 5.56. The zero-order chi connectivity index (χ0) is 10.4. The third-order valence-electron chi connectivity index (χ3n) is 2.10. The number of hydrogen-bond acceptors (Lipinski definition) is 4. The summed E-state index contributed by atoms with van der Waals surface area (Å²) in [4.78, 5) is 5.40. The molecule has 1 aromatic rings. The maximum atomic E-state index is 4.08. The maximum absolute atomic E-state index is 4.08. The fourth-order valence-electron chi connectivity index (χ4n) is 1.26. The molecule has 1 aromatic heterocycles. The molecule has 0 aliphatic carbocycles. The standard InChI is InChI=1S/C10H18N2S2/c1-8(6-13-3)4-12-9(2)10-5-11-7-14-10/h5,7-9,12H,4,6H2,1-3H3. The van der Waals surface area contributed by atoms with E-state index < -0.39 is 0 Å². The molecule has 0 fully saturated rings. The van der Waals surface area contributed by atoms with Gasteiger partial charge in [0.2, 0.25) is 0 Å². The molecule has 2 nitrogen and oxygen atoms in total. The largest absolute Gasteiger partial charge is 0.309 e. The highest BCUT2D eigenvalue weighted by molar-refractivity contribution is 7.98. The average molecular weight is 230 g/mol. The van der Waals surface area contributed by atoms with Crippen LogP contribution in [0.15, 0.2) is 11.7 Å². The van der Waals surface area contributed by atoms with Crippen LogP contribution >= 0.6 is 23.1 Å². The van der Waals surface area contributed by atoms with Gasteiger partial charge in [-0.1, -0.05) is 6.92 Å². The summed E-state index contributed by atoms with van der Waals surface area (Å²) in [6, 6.07) is 0.437. The van der Waals surface area contributed by atoms with E-state index in [1.54, 1.807) is 11.3 Å². The molecule has 1 rings (SSSR count). The molecule has 0 aromatic carbocycles. The van der Waals surface area contributed by atoms with Crippen LogP contribution in [0.4, 0.5) is 0 Å². The monoisotopic (exact) mass is 230 g/mol. The first-order valence-corrected chi connectivity index (χ1v) is 7.12. The third kappa shape index (κ3) is 3.98. The number of aromatic nitrogens is 1. The van der Waals surface area contributed by atoms with E-state index in [0.717, 1.165) is 12.5 Å². The summed E-state index contributed by atoms with van der Waals surface area (Å²) in [5, 5.41) is 3.53. The minimum absolute atomic E-state index is 0.437. The number of nitrogens with zero attached hydrogens (tertiary/aromatic N) is 1. The molecule has 0 saturated carbocycles. The predicted molar refractivity (Wildman–Crippen MR) is 66.1 cm³/mol. The van der Waals surface area contributed by atoms with Crippen LogP contribution in [0.3, 0.4) is 0 Å². The van der Waals surface area contributed by atoms with Gasteiger partial charge in [0, 0.05) is 17.1 Å². The average Bonchev–Trinajstić information content (AvgIpc) is 2.67. The van der Waals surface area contributed by atoms with Crippen molar-refractivity contribution < 1.29 is 0 Å². The Morgan fingerprint density at radius 1 is 1.57 bits per heavy atom. The molecule has 0 spiro atoms. The number of hydrogen-bond donors (Lipinski definition) is 1. The van der Waals surface area contributed by atoms with Crippen LogP contribution in [-0.2, 0) is 0 Å². The summed E-state index contributed by atoms with van der Waals surface area (Å²) in [5.41, 5.74) is 1.89. The van der Waals surface area contributed by atoms with Gasteiger partial charge in [-0.15, -0.1) is 11.3 Å². The van der Waals surface area contributed by atoms with Crippen molar-refractivity contribution in [3.05, 3.63) is 16.6 Å². The summed E-state index contributed by atoms with van der Waals surface area (Å²) in [6.07, 6.45) is 4.10. The lowest BCUT2D eigenvalue weighted by molar-refractivity contribution is 0.505. The van der Waals surface area contributed by atoms with Crippen molar-refractivity contribution in [3.8, 4) is 0 Å². The van der Waals surface area contributed by atoms with Gasteiger partial charge in [-0.25, -0.2) is 0 Å². The van der Waals surface area contributed by atoms with Crippen LogP contribution < -0.4 is 5.32 Å². The van der Waals surface area contributed by atoms with Crippen molar-refractivity contribution in [1.82, 2.24) is 10.3 Å². The lowest BCUT2D eigenvalue weighted by atomic mass is 10.2. The van der Waals surface area contributed by atoms with Crippen molar-refractivity contribution in [1.29, 1.82) is 0 Å². The predicted octanol–water partition coefficient (Wildman–Crippen LogP) is 2.79. The highest BCUT2D eigenvalue weighted by Gasteiger charge is 2.08. The van der Waals surface area contributed by atoms with Crippen molar-refractivity contribution >= 4 is 23.1 Å². The summed E-state index contributed by atoms with van der Waals surface area (Å²) >= 11 is 3.63. The van der Waals surface area contributed by atoms with E-state index >= 15 is 0 Å². The van der Waals surface area contributed by atoms with E-state index in [1.807, 2.05) is 23.5 Å². The Kier molecular flexibility index (Phi) is 5.52. The Balaban J connectivity index is 2.24. The van der Waals surface area contributed by atoms with Crippen LogP contribution in [0.5, 0.6) is 0 Å². The Labute approximate surface area is 94.5 Å². The van der Waals surface area contributed by atoms with Crippen LogP contribution in [0.2, 0.25) is 0 Å². The number of rotatable bonds is 6. The Hall–Kier alpha value is -0.0600. The minimum atomic E-state index is 0.437. The first-order valence-electron chi connectivity index (χ1n) is 4.84. The number of nitrogens with one attached hydrogen (secondary N) is 1. The molecule has 14 heavy (non-hydrogen) atoms. The normalized spacial score (nSPS) is 15.4. The van der Waals surface area contributed by atoms with E-state index in [-0.39, 0.29) is 0 Å². The van der Waals surface area contributed by atoms with E-state index in [9.17, 15) is 0 Å². The van der Waals surface area contributed by atoms with Gasteiger partial charge in [0.25, 0.3) is 0 Å². The summed E-state index contributed by atoms with van der Waals surface area (Å²) < 4.78 is 0. The SMILES string of the molecule is CSCC(C)CNC(C)c1cncs1. The van der Waals surface area contributed by atoms with Gasteiger partial charge in [0.15, 0.2) is 0 Å². The highest BCUT2D eigenvalue weighted by atomic mass is 32.2. The molecule has 0 amide bonds. The molecule has 0 radical (unpaired) electrons. The van der Waals surface area contributed by atoms with Gasteiger partial charge in [0.05, 0.1) is 5.51 Å². The lowest BCUT2D eigenvalue weighted by Gasteiger charge is -2.15. The van der Waals surface area contributed by atoms with Crippen molar-refractivity contribution in [2.75, 3.05) is 18.6 Å². The minimum Gasteiger partial charge on any atom is -0.309 e. The second-order valence-corrected chi connectivity index (χ2v) is 5.42. The number of thiazole rings is 1. The maximum Gasteiger partial charge on any atom is 0.0794 e. The molecule has 2 unspecified atom stereocenters. The molecule has 4 heteroatoms. The zero-order valence-corrected chi connectivity index (χ0v) is 10.6. The topological polar surface area (TPSA) is 24.9 Å². The smallest absolute Gasteiger partial charge is 0.0794 e. The van der Waals surface area contributed by atoms with Gasteiger partial charge < -0.3 is 5.32 Å². The molecule has 0 saturated heterocycles. The zero-order valence-electron chi connectivity index (χ0n) is 8.99. The van der Waals surface area contributed by atoms with E-state index in [0.29, 0.717) is 6.04 Å². The van der Waals surface area contributed by atoms with Crippen molar-refractivity contribution in [2.45, 2.75) is 19.9 Å². The Bertz CT molecular complexity index is 236. The van der Waals surface area contributed by atoms with Crippen LogP contribution in [0.1, 0.15) is 24.8 Å². The molecule has 1 N–H and O–H groups in total. The van der Waals surface area contributed by atoms with E-state index in [4.69, 9.17) is 0 Å². The van der Waals surface area contributed by atoms with Gasteiger partial charge in [-0.05, 0) is 31.4 Å². The molecule has 0 aliphatic heterocycles. The van der Waals surface area contributed by atoms with Crippen LogP contribution in [0, 0.1) is 5.92 Å². The Morgan fingerprint density at radius 2 is 2.36 bits per heavy atom. The molecular formula is C10H18N2S2. The molecular weight excluding hydrogens is 212 g/mol. The van der Waals surface area contributed by atoms with E-state index in [2.05, 4.69) is 30.4 Å². The molecule has 80 valence electrons.